The van der Waals surface area contributed by atoms with Gasteiger partial charge in [-0.2, -0.15) is 0 Å². The normalized spacial score (nSPS) is 10.9. The molecular weight excluding hydrogens is 336 g/mol. The van der Waals surface area contributed by atoms with Crippen LogP contribution < -0.4 is 0 Å². The Balaban J connectivity index is 2.15. The number of benzene rings is 1. The lowest BCUT2D eigenvalue weighted by atomic mass is 10.0. The number of carbonyl (C=O) groups is 1. The van der Waals surface area contributed by atoms with Crippen molar-refractivity contribution in [3.05, 3.63) is 58.3 Å². The Morgan fingerprint density at radius 3 is 2.90 bits per heavy atom. The highest BCUT2D eigenvalue weighted by atomic mass is 79.9. The maximum absolute atomic E-state index is 12.7. The van der Waals surface area contributed by atoms with Crippen LogP contribution in [0, 0.1) is 0 Å². The fraction of sp³-hybridized carbons (Fsp3) is 0.0667. The number of thioether (sulfide) groups is 1. The lowest BCUT2D eigenvalue weighted by molar-refractivity contribution is 0.103. The number of halogens is 1. The number of nitrogens with one attached hydrogen (secondary N) is 1. The van der Waals surface area contributed by atoms with Crippen LogP contribution in [0.1, 0.15) is 15.9 Å². The van der Waals surface area contributed by atoms with Crippen LogP contribution in [-0.4, -0.2) is 22.0 Å². The first-order valence-electron chi connectivity index (χ1n) is 6.01. The van der Waals surface area contributed by atoms with Gasteiger partial charge in [0.25, 0.3) is 0 Å². The molecule has 0 fully saturated rings. The van der Waals surface area contributed by atoms with E-state index in [-0.39, 0.29) is 5.78 Å². The summed E-state index contributed by atoms with van der Waals surface area (Å²) in [6.45, 7) is 0. The summed E-state index contributed by atoms with van der Waals surface area (Å²) >= 11 is 4.97. The smallest absolute Gasteiger partial charge is 0.196 e. The summed E-state index contributed by atoms with van der Waals surface area (Å²) in [4.78, 5) is 21.0. The van der Waals surface area contributed by atoms with Crippen LogP contribution in [0.25, 0.3) is 11.0 Å². The van der Waals surface area contributed by atoms with Crippen molar-refractivity contribution in [2.75, 3.05) is 6.26 Å². The predicted molar refractivity (Wildman–Crippen MR) is 85.4 cm³/mol. The van der Waals surface area contributed by atoms with Crippen molar-refractivity contribution in [2.45, 2.75) is 4.90 Å². The third-order valence-corrected chi connectivity index (χ3v) is 4.32. The number of rotatable bonds is 3. The zero-order chi connectivity index (χ0) is 14.1. The second kappa shape index (κ2) is 5.42. The van der Waals surface area contributed by atoms with Crippen molar-refractivity contribution >= 4 is 44.5 Å². The van der Waals surface area contributed by atoms with E-state index in [2.05, 4.69) is 25.9 Å². The molecular formula is C15H11BrN2OS. The van der Waals surface area contributed by atoms with E-state index in [1.165, 1.54) is 0 Å². The lowest BCUT2D eigenvalue weighted by Gasteiger charge is -2.05. The van der Waals surface area contributed by atoms with Gasteiger partial charge in [0, 0.05) is 38.3 Å². The maximum Gasteiger partial charge on any atom is 0.196 e. The van der Waals surface area contributed by atoms with Gasteiger partial charge in [-0.1, -0.05) is 12.1 Å². The summed E-state index contributed by atoms with van der Waals surface area (Å²) in [5.74, 6) is 0.0149. The van der Waals surface area contributed by atoms with Gasteiger partial charge in [-0.3, -0.25) is 4.79 Å². The number of ketones is 1. The van der Waals surface area contributed by atoms with Crippen molar-refractivity contribution in [3.8, 4) is 0 Å². The third kappa shape index (κ3) is 2.27. The Kier molecular flexibility index (Phi) is 3.63. The second-order valence-corrected chi connectivity index (χ2v) is 6.05. The van der Waals surface area contributed by atoms with Gasteiger partial charge in [0.05, 0.1) is 0 Å². The molecule has 0 aliphatic heterocycles. The van der Waals surface area contributed by atoms with Gasteiger partial charge in [-0.05, 0) is 40.4 Å². The van der Waals surface area contributed by atoms with E-state index in [1.807, 2.05) is 36.6 Å². The summed E-state index contributed by atoms with van der Waals surface area (Å²) in [7, 11) is 0. The molecule has 5 heteroatoms. The quantitative estimate of drug-likeness (QED) is 0.568. The zero-order valence-electron chi connectivity index (χ0n) is 10.7. The van der Waals surface area contributed by atoms with E-state index in [0.29, 0.717) is 5.56 Å². The molecule has 2 aromatic heterocycles. The van der Waals surface area contributed by atoms with Gasteiger partial charge in [0.15, 0.2) is 5.78 Å². The molecule has 20 heavy (non-hydrogen) atoms. The molecule has 0 radical (unpaired) electrons. The fourth-order valence-corrected chi connectivity index (χ4v) is 3.07. The molecule has 0 saturated heterocycles. The first-order valence-corrected chi connectivity index (χ1v) is 8.03. The van der Waals surface area contributed by atoms with E-state index in [1.54, 1.807) is 24.2 Å². The van der Waals surface area contributed by atoms with Crippen LogP contribution in [0.15, 0.2) is 52.1 Å². The Hall–Kier alpha value is -1.59. The molecule has 2 heterocycles. The highest BCUT2D eigenvalue weighted by Crippen LogP contribution is 2.27. The molecule has 1 aromatic carbocycles. The molecule has 0 atom stereocenters. The molecule has 0 spiro atoms. The number of hydrogen-bond acceptors (Lipinski definition) is 3. The van der Waals surface area contributed by atoms with Crippen molar-refractivity contribution in [1.29, 1.82) is 0 Å². The van der Waals surface area contributed by atoms with Crippen LogP contribution in [0.2, 0.25) is 0 Å². The minimum atomic E-state index is 0.0149. The van der Waals surface area contributed by atoms with Gasteiger partial charge in [-0.25, -0.2) is 4.98 Å². The van der Waals surface area contributed by atoms with Gasteiger partial charge in [0.2, 0.25) is 0 Å². The average Bonchev–Trinajstić information content (AvgIpc) is 2.89. The topological polar surface area (TPSA) is 45.8 Å². The predicted octanol–water partition coefficient (Wildman–Crippen LogP) is 4.28. The summed E-state index contributed by atoms with van der Waals surface area (Å²) in [6, 6.07) is 9.55. The largest absolute Gasteiger partial charge is 0.345 e. The Morgan fingerprint density at radius 1 is 1.30 bits per heavy atom. The van der Waals surface area contributed by atoms with Crippen LogP contribution >= 0.6 is 27.7 Å². The summed E-state index contributed by atoms with van der Waals surface area (Å²) in [5, 5.41) is 0.834. The average molecular weight is 347 g/mol. The highest BCUT2D eigenvalue weighted by Gasteiger charge is 2.17. The van der Waals surface area contributed by atoms with E-state index in [0.717, 1.165) is 26.0 Å². The van der Waals surface area contributed by atoms with Crippen molar-refractivity contribution in [2.24, 2.45) is 0 Å². The molecule has 0 aliphatic rings. The van der Waals surface area contributed by atoms with Gasteiger partial charge < -0.3 is 4.98 Å². The molecule has 0 aliphatic carbocycles. The van der Waals surface area contributed by atoms with Crippen LogP contribution in [0.4, 0.5) is 0 Å². The standard InChI is InChI=1S/C15H11BrN2OS/c1-20-13-5-3-2-4-10(13)14(19)12-8-18-15-11(12)6-9(16)7-17-15/h2-8H,1H3,(H,17,18). The molecule has 0 unspecified atom stereocenters. The van der Waals surface area contributed by atoms with E-state index in [9.17, 15) is 4.79 Å². The maximum atomic E-state index is 12.7. The number of aromatic amines is 1. The number of hydrogen-bond donors (Lipinski definition) is 1. The van der Waals surface area contributed by atoms with E-state index in [4.69, 9.17) is 0 Å². The number of nitrogens with zero attached hydrogens (tertiary/aromatic N) is 1. The lowest BCUT2D eigenvalue weighted by Crippen LogP contribution is -2.02. The minimum Gasteiger partial charge on any atom is -0.345 e. The van der Waals surface area contributed by atoms with Crippen molar-refractivity contribution in [1.82, 2.24) is 9.97 Å². The second-order valence-electron chi connectivity index (χ2n) is 4.28. The fourth-order valence-electron chi connectivity index (χ4n) is 2.14. The monoisotopic (exact) mass is 346 g/mol. The summed E-state index contributed by atoms with van der Waals surface area (Å²) in [6.07, 6.45) is 5.41. The van der Waals surface area contributed by atoms with Crippen LogP contribution in [-0.2, 0) is 0 Å². The molecule has 0 amide bonds. The SMILES string of the molecule is CSc1ccccc1C(=O)c1c[nH]c2ncc(Br)cc12. The first-order chi connectivity index (χ1) is 9.70. The van der Waals surface area contributed by atoms with Crippen LogP contribution in [0.5, 0.6) is 0 Å². The Bertz CT molecular complexity index is 797. The molecule has 0 bridgehead atoms. The number of pyridine rings is 1. The van der Waals surface area contributed by atoms with Crippen molar-refractivity contribution in [3.63, 3.8) is 0 Å². The molecule has 3 aromatic rings. The van der Waals surface area contributed by atoms with Gasteiger partial charge in [-0.15, -0.1) is 11.8 Å². The summed E-state index contributed by atoms with van der Waals surface area (Å²) < 4.78 is 0.858. The highest BCUT2D eigenvalue weighted by molar-refractivity contribution is 9.10. The molecule has 3 rings (SSSR count). The Morgan fingerprint density at radius 2 is 2.10 bits per heavy atom. The number of fused-ring (bicyclic) bond motifs is 1. The minimum absolute atomic E-state index is 0.0149. The molecule has 0 saturated carbocycles. The zero-order valence-corrected chi connectivity index (χ0v) is 13.1. The number of aromatic nitrogens is 2. The van der Waals surface area contributed by atoms with Crippen LogP contribution in [0.3, 0.4) is 0 Å². The van der Waals surface area contributed by atoms with Gasteiger partial charge in [0.1, 0.15) is 5.65 Å². The Labute approximate surface area is 128 Å². The first kappa shape index (κ1) is 13.4. The van der Waals surface area contributed by atoms with E-state index >= 15 is 0 Å². The summed E-state index contributed by atoms with van der Waals surface area (Å²) in [5.41, 5.74) is 2.09. The molecule has 3 nitrogen and oxygen atoms in total. The number of H-pyrrole nitrogens is 1. The molecule has 100 valence electrons. The van der Waals surface area contributed by atoms with E-state index < -0.39 is 0 Å². The van der Waals surface area contributed by atoms with Gasteiger partial charge >= 0.3 is 0 Å². The van der Waals surface area contributed by atoms with Crippen molar-refractivity contribution < 1.29 is 4.79 Å². The molecule has 1 N–H and O–H groups in total. The number of carbonyl (C=O) groups excluding carboxylic acids is 1. The third-order valence-electron chi connectivity index (χ3n) is 3.09.